The highest BCUT2D eigenvalue weighted by molar-refractivity contribution is 7.16. The highest BCUT2D eigenvalue weighted by Gasteiger charge is 2.37. The van der Waals surface area contributed by atoms with Crippen LogP contribution in [-0.4, -0.2) is 56.9 Å². The van der Waals surface area contributed by atoms with Gasteiger partial charge in [0.2, 0.25) is 5.01 Å². The van der Waals surface area contributed by atoms with Crippen LogP contribution in [0.25, 0.3) is 16.2 Å². The Balaban J connectivity index is 1.41. The number of aryl methyl sites for hydroxylation is 1. The van der Waals surface area contributed by atoms with Crippen molar-refractivity contribution in [3.63, 3.8) is 0 Å². The Hall–Kier alpha value is -3.93. The average molecular weight is 449 g/mol. The summed E-state index contributed by atoms with van der Waals surface area (Å²) in [5, 5.41) is 18.0. The van der Waals surface area contributed by atoms with E-state index in [0.29, 0.717) is 40.6 Å². The number of hydrogen-bond donors (Lipinski definition) is 1. The molecule has 0 saturated heterocycles. The van der Waals surface area contributed by atoms with Gasteiger partial charge in [0.15, 0.2) is 5.01 Å². The van der Waals surface area contributed by atoms with Crippen molar-refractivity contribution in [3.8, 4) is 10.7 Å². The van der Waals surface area contributed by atoms with Gasteiger partial charge >= 0.3 is 0 Å². The van der Waals surface area contributed by atoms with Gasteiger partial charge in [-0.2, -0.15) is 10.2 Å². The Bertz CT molecular complexity index is 1460. The second-order valence-electron chi connectivity index (χ2n) is 7.46. The summed E-state index contributed by atoms with van der Waals surface area (Å²) in [5.41, 5.74) is 3.16. The predicted octanol–water partition coefficient (Wildman–Crippen LogP) is 2.24. The highest BCUT2D eigenvalue weighted by Crippen LogP contribution is 2.35. The van der Waals surface area contributed by atoms with Gasteiger partial charge < -0.3 is 9.88 Å². The molecule has 0 fully saturated rings. The van der Waals surface area contributed by atoms with Gasteiger partial charge in [-0.1, -0.05) is 11.3 Å². The Morgan fingerprint density at radius 2 is 2.16 bits per heavy atom. The molecule has 10 nitrogen and oxygen atoms in total. The summed E-state index contributed by atoms with van der Waals surface area (Å²) >= 11 is 1.19. The number of imidazole rings is 1. The monoisotopic (exact) mass is 449 g/mol. The number of nitrogens with one attached hydrogen (secondary N) is 1. The van der Waals surface area contributed by atoms with Crippen LogP contribution < -0.4 is 0 Å². The summed E-state index contributed by atoms with van der Waals surface area (Å²) in [6, 6.07) is 5.87. The molecule has 1 aliphatic heterocycles. The van der Waals surface area contributed by atoms with Crippen molar-refractivity contribution in [1.82, 2.24) is 44.5 Å². The van der Waals surface area contributed by atoms with E-state index < -0.39 is 6.04 Å². The lowest BCUT2D eigenvalue weighted by Gasteiger charge is -2.33. The van der Waals surface area contributed by atoms with E-state index in [1.807, 2.05) is 13.1 Å². The minimum atomic E-state index is -0.570. The number of aromatic nitrogens is 8. The van der Waals surface area contributed by atoms with Gasteiger partial charge in [0.1, 0.15) is 23.1 Å². The van der Waals surface area contributed by atoms with Gasteiger partial charge in [0, 0.05) is 38.1 Å². The van der Waals surface area contributed by atoms with Crippen molar-refractivity contribution in [2.45, 2.75) is 12.5 Å². The SMILES string of the molecule is Cn1ccc(-c2nnc(C(=O)N3CCc4[nH]cnc4C3c3cc4c(F)cccn4n3)s2)n1. The van der Waals surface area contributed by atoms with Crippen LogP contribution in [0.2, 0.25) is 0 Å². The second-order valence-corrected chi connectivity index (χ2v) is 8.44. The van der Waals surface area contributed by atoms with Crippen LogP contribution >= 0.6 is 11.3 Å². The van der Waals surface area contributed by atoms with Crippen molar-refractivity contribution < 1.29 is 9.18 Å². The molecule has 0 aliphatic carbocycles. The maximum absolute atomic E-state index is 14.3. The minimum Gasteiger partial charge on any atom is -0.348 e. The first-order chi connectivity index (χ1) is 15.6. The lowest BCUT2D eigenvalue weighted by molar-refractivity contribution is 0.0685. The van der Waals surface area contributed by atoms with Gasteiger partial charge in [-0.15, -0.1) is 10.2 Å². The Morgan fingerprint density at radius 3 is 2.97 bits per heavy atom. The molecule has 1 N–H and O–H groups in total. The molecular weight excluding hydrogens is 433 g/mol. The highest BCUT2D eigenvalue weighted by atomic mass is 32.1. The standard InChI is InChI=1S/C20H16FN9OS/c1-28-7-4-13(26-28)18-24-25-19(32-18)20(31)29-8-5-12-16(23-10-22-12)17(29)14-9-15-11(21)3-2-6-30(15)27-14/h2-4,6-7,9-10,17H,5,8H2,1H3,(H,22,23). The summed E-state index contributed by atoms with van der Waals surface area (Å²) in [6.45, 7) is 0.438. The number of carbonyl (C=O) groups is 1. The fourth-order valence-electron chi connectivity index (χ4n) is 3.99. The van der Waals surface area contributed by atoms with E-state index in [9.17, 15) is 9.18 Å². The first-order valence-electron chi connectivity index (χ1n) is 9.89. The molecule has 5 aromatic rings. The number of amides is 1. The zero-order valence-electron chi connectivity index (χ0n) is 16.8. The Labute approximate surface area is 184 Å². The molecule has 0 aromatic carbocycles. The minimum absolute atomic E-state index is 0.254. The van der Waals surface area contributed by atoms with Gasteiger partial charge in [-0.05, 0) is 24.3 Å². The van der Waals surface area contributed by atoms with E-state index in [2.05, 4.69) is 30.4 Å². The molecule has 1 atom stereocenters. The van der Waals surface area contributed by atoms with Gasteiger partial charge in [-0.25, -0.2) is 13.9 Å². The van der Waals surface area contributed by atoms with E-state index in [1.165, 1.54) is 21.9 Å². The van der Waals surface area contributed by atoms with Crippen molar-refractivity contribution in [1.29, 1.82) is 0 Å². The Kier molecular flexibility index (Phi) is 4.15. The molecule has 0 bridgehead atoms. The third-order valence-corrected chi connectivity index (χ3v) is 6.41. The van der Waals surface area contributed by atoms with Crippen molar-refractivity contribution >= 4 is 22.8 Å². The number of halogens is 1. The molecule has 160 valence electrons. The quantitative estimate of drug-likeness (QED) is 0.452. The number of carbonyl (C=O) groups excluding carboxylic acids is 1. The fraction of sp³-hybridized carbons (Fsp3) is 0.200. The van der Waals surface area contributed by atoms with E-state index in [0.717, 1.165) is 5.69 Å². The van der Waals surface area contributed by atoms with Gasteiger partial charge in [0.05, 0.1) is 17.7 Å². The Morgan fingerprint density at radius 1 is 1.25 bits per heavy atom. The maximum Gasteiger partial charge on any atom is 0.285 e. The molecule has 32 heavy (non-hydrogen) atoms. The molecule has 0 radical (unpaired) electrons. The fourth-order valence-corrected chi connectivity index (χ4v) is 4.76. The number of fused-ring (bicyclic) bond motifs is 2. The maximum atomic E-state index is 14.3. The molecule has 0 spiro atoms. The van der Waals surface area contributed by atoms with E-state index in [1.54, 1.807) is 40.4 Å². The lowest BCUT2D eigenvalue weighted by atomic mass is 9.99. The topological polar surface area (TPSA) is 110 Å². The molecule has 1 amide bonds. The van der Waals surface area contributed by atoms with Crippen LogP contribution in [0, 0.1) is 5.82 Å². The van der Waals surface area contributed by atoms with Gasteiger partial charge in [0.25, 0.3) is 5.91 Å². The number of hydrogen-bond acceptors (Lipinski definition) is 7. The van der Waals surface area contributed by atoms with Crippen LogP contribution in [-0.2, 0) is 13.5 Å². The molecule has 12 heteroatoms. The molecule has 0 saturated carbocycles. The van der Waals surface area contributed by atoms with Crippen LogP contribution in [0.5, 0.6) is 0 Å². The first-order valence-corrected chi connectivity index (χ1v) is 10.7. The van der Waals surface area contributed by atoms with Crippen LogP contribution in [0.15, 0.2) is 43.0 Å². The number of aromatic amines is 1. The number of rotatable bonds is 3. The number of nitrogens with zero attached hydrogens (tertiary/aromatic N) is 8. The van der Waals surface area contributed by atoms with Crippen molar-refractivity contribution in [2.24, 2.45) is 7.05 Å². The molecule has 5 aromatic heterocycles. The molecule has 1 aliphatic rings. The van der Waals surface area contributed by atoms with E-state index >= 15 is 0 Å². The smallest absolute Gasteiger partial charge is 0.285 e. The first kappa shape index (κ1) is 18.8. The normalized spacial score (nSPS) is 15.9. The summed E-state index contributed by atoms with van der Waals surface area (Å²) in [6.07, 6.45) is 5.70. The number of H-pyrrole nitrogens is 1. The van der Waals surface area contributed by atoms with Crippen LogP contribution in [0.1, 0.15) is 32.9 Å². The zero-order valence-corrected chi connectivity index (χ0v) is 17.6. The summed E-state index contributed by atoms with van der Waals surface area (Å²) < 4.78 is 17.4. The van der Waals surface area contributed by atoms with E-state index in [4.69, 9.17) is 0 Å². The third-order valence-electron chi connectivity index (χ3n) is 5.48. The molecular formula is C20H16FN9OS. The predicted molar refractivity (Wildman–Crippen MR) is 112 cm³/mol. The molecule has 6 heterocycles. The van der Waals surface area contributed by atoms with Crippen molar-refractivity contribution in [3.05, 3.63) is 70.9 Å². The molecule has 1 unspecified atom stereocenters. The van der Waals surface area contributed by atoms with E-state index in [-0.39, 0.29) is 16.7 Å². The number of pyridine rings is 1. The summed E-state index contributed by atoms with van der Waals surface area (Å²) in [5.74, 6) is -0.660. The summed E-state index contributed by atoms with van der Waals surface area (Å²) in [4.78, 5) is 22.8. The van der Waals surface area contributed by atoms with Gasteiger partial charge in [-0.3, -0.25) is 9.48 Å². The lowest BCUT2D eigenvalue weighted by Crippen LogP contribution is -2.41. The average Bonchev–Trinajstić information content (AvgIpc) is 3.57. The largest absolute Gasteiger partial charge is 0.348 e. The van der Waals surface area contributed by atoms with Crippen LogP contribution in [0.4, 0.5) is 4.39 Å². The van der Waals surface area contributed by atoms with Crippen molar-refractivity contribution in [2.75, 3.05) is 6.54 Å². The summed E-state index contributed by atoms with van der Waals surface area (Å²) in [7, 11) is 1.81. The van der Waals surface area contributed by atoms with Crippen LogP contribution in [0.3, 0.4) is 0 Å². The second kappa shape index (κ2) is 7.05. The third kappa shape index (κ3) is 2.91. The molecule has 6 rings (SSSR count). The zero-order chi connectivity index (χ0) is 21.8.